The Morgan fingerprint density at radius 1 is 0.774 bits per heavy atom. The molecule has 13 heteroatoms. The van der Waals surface area contributed by atoms with Gasteiger partial charge in [0.2, 0.25) is 0 Å². The first-order chi connectivity index (χ1) is 25.4. The van der Waals surface area contributed by atoms with E-state index in [1.165, 1.54) is 64.2 Å². The van der Waals surface area contributed by atoms with E-state index in [0.29, 0.717) is 32.1 Å². The Morgan fingerprint density at radius 2 is 1.34 bits per heavy atom. The highest BCUT2D eigenvalue weighted by molar-refractivity contribution is 7.46. The highest BCUT2D eigenvalue weighted by Crippen LogP contribution is 2.36. The predicted octanol–water partition coefficient (Wildman–Crippen LogP) is 8.12. The first-order valence-corrected chi connectivity index (χ1v) is 22.1. The lowest BCUT2D eigenvalue weighted by atomic mass is 9.87. The molecular formula is C40H73O12P. The molecule has 0 aromatic rings. The van der Waals surface area contributed by atoms with Gasteiger partial charge >= 0.3 is 19.8 Å². The summed E-state index contributed by atoms with van der Waals surface area (Å²) in [5.74, 6) is -1.39. The molecule has 0 radical (unpaired) electrons. The number of phosphoric ester groups is 1. The van der Waals surface area contributed by atoms with Gasteiger partial charge in [0.25, 0.3) is 0 Å². The van der Waals surface area contributed by atoms with E-state index in [1.54, 1.807) is 12.2 Å². The van der Waals surface area contributed by atoms with Crippen LogP contribution in [0.3, 0.4) is 0 Å². The van der Waals surface area contributed by atoms with Crippen LogP contribution in [0.5, 0.6) is 0 Å². The zero-order valence-corrected chi connectivity index (χ0v) is 33.6. The van der Waals surface area contributed by atoms with Gasteiger partial charge in [-0.2, -0.15) is 0 Å². The van der Waals surface area contributed by atoms with Crippen molar-refractivity contribution in [2.45, 2.75) is 199 Å². The van der Waals surface area contributed by atoms with E-state index in [1.807, 2.05) is 12.2 Å². The Kier molecular flexibility index (Phi) is 29.4. The number of allylic oxidation sites excluding steroid dienone is 2. The molecule has 1 aliphatic rings. The number of esters is 2. The molecule has 53 heavy (non-hydrogen) atoms. The number of hydrogen-bond acceptors (Lipinski definition) is 10. The molecule has 1 aliphatic heterocycles. The zero-order valence-electron chi connectivity index (χ0n) is 32.7. The molecule has 0 amide bonds. The summed E-state index contributed by atoms with van der Waals surface area (Å²) in [7, 11) is -4.83. The maximum atomic E-state index is 12.5. The molecule has 310 valence electrons. The topological polar surface area (TPSA) is 189 Å². The van der Waals surface area contributed by atoms with Gasteiger partial charge in [-0.3, -0.25) is 14.1 Å². The first-order valence-electron chi connectivity index (χ1n) is 20.5. The fourth-order valence-corrected chi connectivity index (χ4v) is 6.71. The van der Waals surface area contributed by atoms with Crippen molar-refractivity contribution in [3.63, 3.8) is 0 Å². The van der Waals surface area contributed by atoms with Crippen LogP contribution in [0.4, 0.5) is 0 Å². The lowest BCUT2D eigenvalue weighted by molar-refractivity contribution is -0.199. The Labute approximate surface area is 319 Å². The molecule has 0 bridgehead atoms. The molecule has 1 rings (SSSR count). The highest BCUT2D eigenvalue weighted by Gasteiger charge is 2.35. The van der Waals surface area contributed by atoms with Crippen LogP contribution in [0, 0.1) is 5.92 Å². The van der Waals surface area contributed by atoms with Gasteiger partial charge in [-0.25, -0.2) is 4.57 Å². The lowest BCUT2D eigenvalue weighted by Gasteiger charge is -2.36. The van der Waals surface area contributed by atoms with Crippen LogP contribution in [0.2, 0.25) is 0 Å². The van der Waals surface area contributed by atoms with Crippen LogP contribution in [0.15, 0.2) is 24.3 Å². The first kappa shape index (κ1) is 49.4. The van der Waals surface area contributed by atoms with E-state index in [4.69, 9.17) is 24.0 Å². The minimum atomic E-state index is -4.83. The fraction of sp³-hybridized carbons (Fsp3) is 0.850. The van der Waals surface area contributed by atoms with Crippen molar-refractivity contribution in [1.82, 2.24) is 0 Å². The van der Waals surface area contributed by atoms with Gasteiger partial charge in [-0.1, -0.05) is 141 Å². The standard InChI is InChI=1S/C40H73O12P/c1-3-5-7-8-9-10-11-12-13-14-15-16-17-22-26-38(43)49-31-34(32-50-53(46,47)48)51-39(44)27-23-19-18-21-25-35-36(42)30-40(45)52-37(35)29-28-33(41)24-20-6-4-2/h18,21,28-29,33-37,40-42,45H,3-17,19-20,22-27,30-32H2,1-2H3,(H2,46,47,48)/b21-18-,29-28+/t33-,34+,35-,36-,37+,40?/m0/s1. The minimum absolute atomic E-state index is 0.0202. The second-order valence-corrected chi connectivity index (χ2v) is 15.7. The van der Waals surface area contributed by atoms with Crippen LogP contribution in [-0.4, -0.2) is 81.0 Å². The number of carbonyl (C=O) groups is 2. The average molecular weight is 777 g/mol. The van der Waals surface area contributed by atoms with Crippen molar-refractivity contribution in [3.8, 4) is 0 Å². The summed E-state index contributed by atoms with van der Waals surface area (Å²) in [4.78, 5) is 43.0. The molecular weight excluding hydrogens is 703 g/mol. The summed E-state index contributed by atoms with van der Waals surface area (Å²) in [5, 5.41) is 30.8. The molecule has 0 aliphatic carbocycles. The largest absolute Gasteiger partial charge is 0.469 e. The third kappa shape index (κ3) is 28.4. The number of aliphatic hydroxyl groups is 3. The molecule has 1 fully saturated rings. The van der Waals surface area contributed by atoms with E-state index in [9.17, 15) is 29.5 Å². The highest BCUT2D eigenvalue weighted by atomic mass is 31.2. The SMILES string of the molecule is CCCCCCCCCCCCCCCCC(=O)OC[C@H](COP(=O)(O)O)OC(=O)CCC/C=C\C[C@H]1[C@@H](O)CC(O)O[C@@H]1/C=C/[C@@H](O)CCCCC. The third-order valence-corrected chi connectivity index (χ3v) is 10.0. The van der Waals surface area contributed by atoms with Crippen molar-refractivity contribution in [3.05, 3.63) is 24.3 Å². The number of hydrogen-bond donors (Lipinski definition) is 5. The number of rotatable bonds is 33. The van der Waals surface area contributed by atoms with Gasteiger partial charge in [0.1, 0.15) is 6.61 Å². The van der Waals surface area contributed by atoms with E-state index in [0.717, 1.165) is 38.5 Å². The van der Waals surface area contributed by atoms with Gasteiger partial charge in [-0.15, -0.1) is 0 Å². The molecule has 0 spiro atoms. The third-order valence-electron chi connectivity index (χ3n) is 9.52. The van der Waals surface area contributed by atoms with Gasteiger partial charge in [-0.05, 0) is 32.1 Å². The molecule has 1 saturated heterocycles. The van der Waals surface area contributed by atoms with Gasteiger partial charge < -0.3 is 39.3 Å². The number of unbranched alkanes of at least 4 members (excludes halogenated alkanes) is 16. The smallest absolute Gasteiger partial charge is 0.462 e. The molecule has 0 aromatic carbocycles. The number of ether oxygens (including phenoxy) is 3. The summed E-state index contributed by atoms with van der Waals surface area (Å²) >= 11 is 0. The second-order valence-electron chi connectivity index (χ2n) is 14.5. The molecule has 1 unspecified atom stereocenters. The lowest BCUT2D eigenvalue weighted by Crippen LogP contribution is -2.43. The van der Waals surface area contributed by atoms with Crippen molar-refractivity contribution >= 4 is 19.8 Å². The van der Waals surface area contributed by atoms with E-state index >= 15 is 0 Å². The molecule has 12 nitrogen and oxygen atoms in total. The zero-order chi connectivity index (χ0) is 39.2. The van der Waals surface area contributed by atoms with E-state index in [2.05, 4.69) is 18.4 Å². The van der Waals surface area contributed by atoms with Gasteiger partial charge in [0, 0.05) is 25.2 Å². The van der Waals surface area contributed by atoms with Crippen molar-refractivity contribution in [1.29, 1.82) is 0 Å². The molecule has 0 aromatic heterocycles. The normalized spacial score (nSPS) is 20.6. The fourth-order valence-electron chi connectivity index (χ4n) is 6.35. The summed E-state index contributed by atoms with van der Waals surface area (Å²) in [5.41, 5.74) is 0. The maximum absolute atomic E-state index is 12.5. The Balaban J connectivity index is 2.35. The monoisotopic (exact) mass is 776 g/mol. The van der Waals surface area contributed by atoms with Crippen LogP contribution in [0.1, 0.15) is 168 Å². The summed E-state index contributed by atoms with van der Waals surface area (Å²) in [6.07, 6.45) is 25.2. The van der Waals surface area contributed by atoms with Crippen LogP contribution >= 0.6 is 7.82 Å². The summed E-state index contributed by atoms with van der Waals surface area (Å²) in [6, 6.07) is 0. The predicted molar refractivity (Wildman–Crippen MR) is 206 cm³/mol. The number of aliphatic hydroxyl groups excluding tert-OH is 3. The summed E-state index contributed by atoms with van der Waals surface area (Å²) in [6.45, 7) is 3.35. The summed E-state index contributed by atoms with van der Waals surface area (Å²) < 4.78 is 32.0. The van der Waals surface area contributed by atoms with Crippen molar-refractivity contribution in [2.75, 3.05) is 13.2 Å². The molecule has 0 saturated carbocycles. The number of phosphoric acid groups is 1. The average Bonchev–Trinajstić information content (AvgIpc) is 3.10. The molecule has 6 atom stereocenters. The van der Waals surface area contributed by atoms with Gasteiger partial charge in [0.15, 0.2) is 12.4 Å². The van der Waals surface area contributed by atoms with Crippen LogP contribution in [-0.2, 0) is 32.9 Å². The Bertz CT molecular complexity index is 1030. The molecule has 1 heterocycles. The number of carbonyl (C=O) groups excluding carboxylic acids is 2. The van der Waals surface area contributed by atoms with Crippen molar-refractivity contribution < 1.29 is 58.0 Å². The van der Waals surface area contributed by atoms with E-state index in [-0.39, 0.29) is 31.8 Å². The quantitative estimate of drug-likeness (QED) is 0.0187. The van der Waals surface area contributed by atoms with Crippen LogP contribution in [0.25, 0.3) is 0 Å². The Hall–Kier alpha value is -1.63. The Morgan fingerprint density at radius 3 is 1.94 bits per heavy atom. The maximum Gasteiger partial charge on any atom is 0.469 e. The van der Waals surface area contributed by atoms with Gasteiger partial charge in [0.05, 0.1) is 24.9 Å². The minimum Gasteiger partial charge on any atom is -0.462 e. The second kappa shape index (κ2) is 31.6. The van der Waals surface area contributed by atoms with Crippen LogP contribution < -0.4 is 0 Å². The van der Waals surface area contributed by atoms with E-state index < -0.39 is 57.1 Å². The molecule has 5 N–H and O–H groups in total. The van der Waals surface area contributed by atoms with Crippen molar-refractivity contribution in [2.24, 2.45) is 5.92 Å².